The van der Waals surface area contributed by atoms with Crippen LogP contribution in [-0.2, 0) is 4.79 Å². The molecular formula is C11H22N2O. The van der Waals surface area contributed by atoms with Crippen LogP contribution in [0.15, 0.2) is 0 Å². The fraction of sp³-hybridized carbons (Fsp3) is 0.909. The quantitative estimate of drug-likeness (QED) is 0.675. The topological polar surface area (TPSA) is 55.1 Å². The third-order valence-corrected chi connectivity index (χ3v) is 3.11. The van der Waals surface area contributed by atoms with Gasteiger partial charge in [-0.05, 0) is 18.3 Å². The van der Waals surface area contributed by atoms with Crippen LogP contribution in [0.5, 0.6) is 0 Å². The van der Waals surface area contributed by atoms with Gasteiger partial charge in [0.2, 0.25) is 5.91 Å². The molecule has 2 unspecified atom stereocenters. The minimum absolute atomic E-state index is 0.0139. The number of carbonyl (C=O) groups excluding carboxylic acids is 1. The van der Waals surface area contributed by atoms with Crippen LogP contribution in [0.4, 0.5) is 0 Å². The van der Waals surface area contributed by atoms with Crippen LogP contribution in [0.25, 0.3) is 0 Å². The van der Waals surface area contributed by atoms with Gasteiger partial charge in [-0.2, -0.15) is 0 Å². The Morgan fingerprint density at radius 2 is 2.21 bits per heavy atom. The van der Waals surface area contributed by atoms with E-state index in [4.69, 9.17) is 5.73 Å². The summed E-state index contributed by atoms with van der Waals surface area (Å²) in [5.41, 5.74) is 5.79. The largest absolute Gasteiger partial charge is 0.355 e. The summed E-state index contributed by atoms with van der Waals surface area (Å²) in [7, 11) is 0. The third kappa shape index (κ3) is 3.66. The van der Waals surface area contributed by atoms with Crippen molar-refractivity contribution in [3.63, 3.8) is 0 Å². The monoisotopic (exact) mass is 198 g/mol. The summed E-state index contributed by atoms with van der Waals surface area (Å²) < 4.78 is 0. The van der Waals surface area contributed by atoms with Crippen molar-refractivity contribution < 1.29 is 4.79 Å². The van der Waals surface area contributed by atoms with E-state index in [1.165, 1.54) is 12.8 Å². The molecule has 0 aromatic carbocycles. The Kier molecular flexibility index (Phi) is 4.39. The second-order valence-corrected chi connectivity index (χ2v) is 4.43. The molecule has 1 rings (SSSR count). The molecule has 1 amide bonds. The molecule has 0 aromatic rings. The van der Waals surface area contributed by atoms with E-state index < -0.39 is 0 Å². The van der Waals surface area contributed by atoms with Crippen molar-refractivity contribution in [1.29, 1.82) is 0 Å². The minimum atomic E-state index is -0.334. The molecule has 1 fully saturated rings. The van der Waals surface area contributed by atoms with Crippen molar-refractivity contribution in [2.24, 2.45) is 17.6 Å². The lowest BCUT2D eigenvalue weighted by Gasteiger charge is -2.17. The smallest absolute Gasteiger partial charge is 0.237 e. The molecule has 1 aliphatic carbocycles. The average Bonchev–Trinajstić information content (AvgIpc) is 2.99. The Bertz CT molecular complexity index is 190. The van der Waals surface area contributed by atoms with Crippen LogP contribution in [0, 0.1) is 11.8 Å². The SMILES string of the molecule is CCC(C)C(N)C(=O)NCCC1CC1. The maximum atomic E-state index is 11.5. The fourth-order valence-electron chi connectivity index (χ4n) is 1.44. The first-order valence-electron chi connectivity index (χ1n) is 5.68. The standard InChI is InChI=1S/C11H22N2O/c1-3-8(2)10(12)11(14)13-7-6-9-4-5-9/h8-10H,3-7,12H2,1-2H3,(H,13,14). The van der Waals surface area contributed by atoms with E-state index in [-0.39, 0.29) is 17.9 Å². The number of nitrogens with two attached hydrogens (primary N) is 1. The summed E-state index contributed by atoms with van der Waals surface area (Å²) in [5.74, 6) is 1.16. The van der Waals surface area contributed by atoms with Crippen LogP contribution >= 0.6 is 0 Å². The Morgan fingerprint density at radius 1 is 1.57 bits per heavy atom. The van der Waals surface area contributed by atoms with Crippen molar-refractivity contribution in [2.75, 3.05) is 6.54 Å². The summed E-state index contributed by atoms with van der Waals surface area (Å²) in [6.07, 6.45) is 4.76. The van der Waals surface area contributed by atoms with Gasteiger partial charge in [-0.3, -0.25) is 4.79 Å². The molecule has 0 heterocycles. The number of amides is 1. The summed E-state index contributed by atoms with van der Waals surface area (Å²) in [4.78, 5) is 11.5. The van der Waals surface area contributed by atoms with Crippen molar-refractivity contribution >= 4 is 5.91 Å². The average molecular weight is 198 g/mol. The zero-order valence-electron chi connectivity index (χ0n) is 9.25. The Balaban J connectivity index is 2.11. The predicted molar refractivity (Wildman–Crippen MR) is 57.8 cm³/mol. The Morgan fingerprint density at radius 3 is 2.71 bits per heavy atom. The van der Waals surface area contributed by atoms with E-state index in [2.05, 4.69) is 12.2 Å². The highest BCUT2D eigenvalue weighted by molar-refractivity contribution is 5.81. The second kappa shape index (κ2) is 5.35. The first-order valence-corrected chi connectivity index (χ1v) is 5.68. The third-order valence-electron chi connectivity index (χ3n) is 3.11. The summed E-state index contributed by atoms with van der Waals surface area (Å²) >= 11 is 0. The lowest BCUT2D eigenvalue weighted by Crippen LogP contribution is -2.44. The normalized spacial score (nSPS) is 20.2. The van der Waals surface area contributed by atoms with Crippen molar-refractivity contribution in [3.8, 4) is 0 Å². The summed E-state index contributed by atoms with van der Waals surface area (Å²) in [6.45, 7) is 4.88. The van der Waals surface area contributed by atoms with E-state index >= 15 is 0 Å². The van der Waals surface area contributed by atoms with Gasteiger partial charge in [0.05, 0.1) is 6.04 Å². The lowest BCUT2D eigenvalue weighted by atomic mass is 9.99. The van der Waals surface area contributed by atoms with Gasteiger partial charge in [-0.15, -0.1) is 0 Å². The highest BCUT2D eigenvalue weighted by atomic mass is 16.2. The molecule has 0 saturated heterocycles. The van der Waals surface area contributed by atoms with E-state index in [1.54, 1.807) is 0 Å². The van der Waals surface area contributed by atoms with Gasteiger partial charge in [0.1, 0.15) is 0 Å². The van der Waals surface area contributed by atoms with E-state index in [0.717, 1.165) is 25.3 Å². The molecule has 3 nitrogen and oxygen atoms in total. The van der Waals surface area contributed by atoms with E-state index in [9.17, 15) is 4.79 Å². The maximum Gasteiger partial charge on any atom is 0.237 e. The first-order chi connectivity index (χ1) is 6.65. The predicted octanol–water partition coefficient (Wildman–Crippen LogP) is 1.28. The van der Waals surface area contributed by atoms with Gasteiger partial charge in [-0.25, -0.2) is 0 Å². The maximum absolute atomic E-state index is 11.5. The van der Waals surface area contributed by atoms with Crippen LogP contribution in [0.3, 0.4) is 0 Å². The van der Waals surface area contributed by atoms with Crippen LogP contribution in [0.1, 0.15) is 39.5 Å². The molecule has 0 bridgehead atoms. The van der Waals surface area contributed by atoms with Gasteiger partial charge >= 0.3 is 0 Å². The van der Waals surface area contributed by atoms with E-state index in [0.29, 0.717) is 0 Å². The van der Waals surface area contributed by atoms with Gasteiger partial charge in [-0.1, -0.05) is 33.1 Å². The molecule has 0 radical (unpaired) electrons. The number of rotatable bonds is 6. The highest BCUT2D eigenvalue weighted by Crippen LogP contribution is 2.31. The molecule has 1 aliphatic rings. The van der Waals surface area contributed by atoms with Crippen LogP contribution < -0.4 is 11.1 Å². The number of carbonyl (C=O) groups is 1. The number of hydrogen-bond acceptors (Lipinski definition) is 2. The Hall–Kier alpha value is -0.570. The summed E-state index contributed by atoms with van der Waals surface area (Å²) in [6, 6.07) is -0.334. The van der Waals surface area contributed by atoms with Crippen LogP contribution in [0.2, 0.25) is 0 Å². The molecule has 2 atom stereocenters. The van der Waals surface area contributed by atoms with Crippen molar-refractivity contribution in [3.05, 3.63) is 0 Å². The minimum Gasteiger partial charge on any atom is -0.355 e. The summed E-state index contributed by atoms with van der Waals surface area (Å²) in [5, 5.41) is 2.91. The molecular weight excluding hydrogens is 176 g/mol. The van der Waals surface area contributed by atoms with Crippen molar-refractivity contribution in [2.45, 2.75) is 45.6 Å². The molecule has 0 spiro atoms. The second-order valence-electron chi connectivity index (χ2n) is 4.43. The van der Waals surface area contributed by atoms with Gasteiger partial charge in [0.15, 0.2) is 0 Å². The van der Waals surface area contributed by atoms with E-state index in [1.807, 2.05) is 6.92 Å². The lowest BCUT2D eigenvalue weighted by molar-refractivity contribution is -0.123. The molecule has 1 saturated carbocycles. The number of hydrogen-bond donors (Lipinski definition) is 2. The zero-order valence-corrected chi connectivity index (χ0v) is 9.25. The molecule has 14 heavy (non-hydrogen) atoms. The van der Waals surface area contributed by atoms with Gasteiger partial charge in [0, 0.05) is 6.54 Å². The van der Waals surface area contributed by atoms with Gasteiger partial charge < -0.3 is 11.1 Å². The molecule has 3 N–H and O–H groups in total. The molecule has 0 aromatic heterocycles. The zero-order chi connectivity index (χ0) is 10.6. The van der Waals surface area contributed by atoms with Gasteiger partial charge in [0.25, 0.3) is 0 Å². The number of nitrogens with one attached hydrogen (secondary N) is 1. The molecule has 3 heteroatoms. The highest BCUT2D eigenvalue weighted by Gasteiger charge is 2.22. The van der Waals surface area contributed by atoms with Crippen LogP contribution in [-0.4, -0.2) is 18.5 Å². The fourth-order valence-corrected chi connectivity index (χ4v) is 1.44. The Labute approximate surface area is 86.4 Å². The van der Waals surface area contributed by atoms with Crippen molar-refractivity contribution in [1.82, 2.24) is 5.32 Å². The molecule has 0 aliphatic heterocycles. The first kappa shape index (κ1) is 11.5. The molecule has 82 valence electrons.